The van der Waals surface area contributed by atoms with Crippen LogP contribution >= 0.6 is 0 Å². The van der Waals surface area contributed by atoms with Crippen molar-refractivity contribution in [1.82, 2.24) is 4.98 Å². The first-order valence-corrected chi connectivity index (χ1v) is 6.47. The first kappa shape index (κ1) is 14.1. The number of benzene rings is 1. The van der Waals surface area contributed by atoms with Crippen molar-refractivity contribution in [2.45, 2.75) is 19.4 Å². The molecule has 1 aromatic carbocycles. The topological polar surface area (TPSA) is 62.7 Å². The highest BCUT2D eigenvalue weighted by molar-refractivity contribution is 5.97. The molecular weight excluding hydrogens is 256 g/mol. The normalized spacial score (nSPS) is 12.2. The van der Waals surface area contributed by atoms with Crippen LogP contribution in [0.4, 0.5) is 5.82 Å². The van der Waals surface area contributed by atoms with Crippen LogP contribution in [0.15, 0.2) is 30.5 Å². The Labute approximate surface area is 117 Å². The Morgan fingerprint density at radius 1 is 1.40 bits per heavy atom. The number of carboxylic acids is 1. The molecule has 0 aliphatic rings. The van der Waals surface area contributed by atoms with Crippen molar-refractivity contribution >= 4 is 22.6 Å². The molecule has 1 atom stereocenters. The molecule has 1 aromatic heterocycles. The second-order valence-electron chi connectivity index (χ2n) is 4.56. The number of likely N-dealkylation sites (N-methyl/N-ethyl adjacent to an activating group) is 1. The molecule has 5 heteroatoms. The van der Waals surface area contributed by atoms with Gasteiger partial charge in [-0.2, -0.15) is 0 Å². The van der Waals surface area contributed by atoms with Gasteiger partial charge < -0.3 is 14.7 Å². The Kier molecular flexibility index (Phi) is 4.08. The predicted molar refractivity (Wildman–Crippen MR) is 78.4 cm³/mol. The van der Waals surface area contributed by atoms with Crippen LogP contribution in [0.25, 0.3) is 10.8 Å². The largest absolute Gasteiger partial charge is 0.496 e. The number of nitrogens with zero attached hydrogens (tertiary/aromatic N) is 2. The third-order valence-electron chi connectivity index (χ3n) is 3.44. The SMILES string of the molecule is CCC(C(=O)O)N(C)c1nccc2c(OC)cccc12. The summed E-state index contributed by atoms with van der Waals surface area (Å²) in [6.45, 7) is 1.85. The summed E-state index contributed by atoms with van der Waals surface area (Å²) in [4.78, 5) is 17.3. The van der Waals surface area contributed by atoms with Gasteiger partial charge in [-0.25, -0.2) is 9.78 Å². The summed E-state index contributed by atoms with van der Waals surface area (Å²) in [6.07, 6.45) is 2.18. The number of methoxy groups -OCH3 is 1. The minimum Gasteiger partial charge on any atom is -0.496 e. The molecular formula is C15H18N2O3. The van der Waals surface area contributed by atoms with Crippen molar-refractivity contribution in [3.05, 3.63) is 30.5 Å². The van der Waals surface area contributed by atoms with Crippen LogP contribution in [0.3, 0.4) is 0 Å². The van der Waals surface area contributed by atoms with E-state index in [2.05, 4.69) is 4.98 Å². The van der Waals surface area contributed by atoms with Crippen molar-refractivity contribution in [3.63, 3.8) is 0 Å². The number of fused-ring (bicyclic) bond motifs is 1. The summed E-state index contributed by atoms with van der Waals surface area (Å²) >= 11 is 0. The van der Waals surface area contributed by atoms with Gasteiger partial charge in [0.25, 0.3) is 0 Å². The van der Waals surface area contributed by atoms with Gasteiger partial charge in [0.2, 0.25) is 0 Å². The summed E-state index contributed by atoms with van der Waals surface area (Å²) in [6, 6.07) is 6.94. The second kappa shape index (κ2) is 5.77. The average molecular weight is 274 g/mol. The van der Waals surface area contributed by atoms with Crippen LogP contribution in [-0.2, 0) is 4.79 Å². The fourth-order valence-electron chi connectivity index (χ4n) is 2.38. The maximum Gasteiger partial charge on any atom is 0.326 e. The van der Waals surface area contributed by atoms with E-state index in [1.165, 1.54) is 0 Å². The Balaban J connectivity index is 2.57. The van der Waals surface area contributed by atoms with E-state index in [0.717, 1.165) is 16.5 Å². The molecule has 0 saturated heterocycles. The van der Waals surface area contributed by atoms with Crippen molar-refractivity contribution in [1.29, 1.82) is 0 Å². The molecule has 0 aliphatic heterocycles. The van der Waals surface area contributed by atoms with Gasteiger partial charge in [-0.3, -0.25) is 0 Å². The Bertz CT molecular complexity index is 628. The fraction of sp³-hybridized carbons (Fsp3) is 0.333. The molecule has 0 fully saturated rings. The summed E-state index contributed by atoms with van der Waals surface area (Å²) in [7, 11) is 3.37. The lowest BCUT2D eigenvalue weighted by Gasteiger charge is -2.26. The highest BCUT2D eigenvalue weighted by Crippen LogP contribution is 2.31. The Hall–Kier alpha value is -2.30. The molecule has 2 rings (SSSR count). The summed E-state index contributed by atoms with van der Waals surface area (Å²) in [5.74, 6) is 0.551. The first-order chi connectivity index (χ1) is 9.60. The van der Waals surface area contributed by atoms with Crippen LogP contribution < -0.4 is 9.64 Å². The van der Waals surface area contributed by atoms with E-state index < -0.39 is 12.0 Å². The summed E-state index contributed by atoms with van der Waals surface area (Å²) < 4.78 is 5.33. The summed E-state index contributed by atoms with van der Waals surface area (Å²) in [5.41, 5.74) is 0. The molecule has 0 aliphatic carbocycles. The van der Waals surface area contributed by atoms with Gasteiger partial charge >= 0.3 is 5.97 Å². The van der Waals surface area contributed by atoms with Crippen LogP contribution in [0.1, 0.15) is 13.3 Å². The maximum absolute atomic E-state index is 11.3. The average Bonchev–Trinajstić information content (AvgIpc) is 2.46. The number of carbonyl (C=O) groups is 1. The minimum atomic E-state index is -0.850. The highest BCUT2D eigenvalue weighted by Gasteiger charge is 2.23. The smallest absolute Gasteiger partial charge is 0.326 e. The van der Waals surface area contributed by atoms with Crippen LogP contribution in [0, 0.1) is 0 Å². The van der Waals surface area contributed by atoms with Crippen molar-refractivity contribution in [2.75, 3.05) is 19.1 Å². The molecule has 1 N–H and O–H groups in total. The molecule has 1 heterocycles. The second-order valence-corrected chi connectivity index (χ2v) is 4.56. The van der Waals surface area contributed by atoms with Crippen molar-refractivity contribution in [2.24, 2.45) is 0 Å². The molecule has 0 spiro atoms. The predicted octanol–water partition coefficient (Wildman–Crippen LogP) is 2.54. The third-order valence-corrected chi connectivity index (χ3v) is 3.44. The summed E-state index contributed by atoms with van der Waals surface area (Å²) in [5, 5.41) is 11.1. The highest BCUT2D eigenvalue weighted by atomic mass is 16.5. The zero-order valence-electron chi connectivity index (χ0n) is 11.8. The zero-order valence-corrected chi connectivity index (χ0v) is 11.8. The Morgan fingerprint density at radius 3 is 2.75 bits per heavy atom. The molecule has 2 aromatic rings. The van der Waals surface area contributed by atoms with E-state index >= 15 is 0 Å². The van der Waals surface area contributed by atoms with E-state index in [1.54, 1.807) is 25.3 Å². The van der Waals surface area contributed by atoms with Gasteiger partial charge in [0, 0.05) is 24.0 Å². The van der Waals surface area contributed by atoms with Gasteiger partial charge in [-0.1, -0.05) is 19.1 Å². The van der Waals surface area contributed by atoms with E-state index in [4.69, 9.17) is 4.74 Å². The molecule has 0 radical (unpaired) electrons. The molecule has 20 heavy (non-hydrogen) atoms. The van der Waals surface area contributed by atoms with E-state index in [0.29, 0.717) is 12.2 Å². The molecule has 5 nitrogen and oxygen atoms in total. The van der Waals surface area contributed by atoms with E-state index in [1.807, 2.05) is 31.2 Å². The number of rotatable bonds is 5. The number of carboxylic acid groups (broad SMARTS) is 1. The zero-order chi connectivity index (χ0) is 14.7. The molecule has 0 amide bonds. The van der Waals surface area contributed by atoms with Gasteiger partial charge in [0.1, 0.15) is 17.6 Å². The minimum absolute atomic E-state index is 0.508. The number of pyridine rings is 1. The fourth-order valence-corrected chi connectivity index (χ4v) is 2.38. The lowest BCUT2D eigenvalue weighted by Crippen LogP contribution is -2.38. The molecule has 0 bridgehead atoms. The number of anilines is 1. The van der Waals surface area contributed by atoms with Gasteiger partial charge in [0.05, 0.1) is 7.11 Å². The van der Waals surface area contributed by atoms with Crippen molar-refractivity contribution < 1.29 is 14.6 Å². The third kappa shape index (κ3) is 2.39. The molecule has 0 saturated carbocycles. The van der Waals surface area contributed by atoms with E-state index in [-0.39, 0.29) is 0 Å². The first-order valence-electron chi connectivity index (χ1n) is 6.47. The van der Waals surface area contributed by atoms with Crippen LogP contribution in [-0.4, -0.2) is 36.3 Å². The molecule has 1 unspecified atom stereocenters. The van der Waals surface area contributed by atoms with Crippen LogP contribution in [0.5, 0.6) is 5.75 Å². The lowest BCUT2D eigenvalue weighted by atomic mass is 10.1. The quantitative estimate of drug-likeness (QED) is 0.907. The molecule has 106 valence electrons. The number of ether oxygens (including phenoxy) is 1. The number of hydrogen-bond donors (Lipinski definition) is 1. The van der Waals surface area contributed by atoms with Crippen LogP contribution in [0.2, 0.25) is 0 Å². The number of aliphatic carboxylic acids is 1. The Morgan fingerprint density at radius 2 is 2.15 bits per heavy atom. The monoisotopic (exact) mass is 274 g/mol. The van der Waals surface area contributed by atoms with Gasteiger partial charge in [-0.15, -0.1) is 0 Å². The number of hydrogen-bond acceptors (Lipinski definition) is 4. The van der Waals surface area contributed by atoms with Crippen molar-refractivity contribution in [3.8, 4) is 5.75 Å². The maximum atomic E-state index is 11.3. The van der Waals surface area contributed by atoms with Gasteiger partial charge in [0.15, 0.2) is 0 Å². The lowest BCUT2D eigenvalue weighted by molar-refractivity contribution is -0.138. The standard InChI is InChI=1S/C15H18N2O3/c1-4-12(15(18)19)17(2)14-11-6-5-7-13(20-3)10(11)8-9-16-14/h5-9,12H,4H2,1-3H3,(H,18,19). The van der Waals surface area contributed by atoms with E-state index in [9.17, 15) is 9.90 Å². The number of aromatic nitrogens is 1. The van der Waals surface area contributed by atoms with Gasteiger partial charge in [-0.05, 0) is 18.6 Å².